The van der Waals surface area contributed by atoms with E-state index in [2.05, 4.69) is 20.7 Å². The summed E-state index contributed by atoms with van der Waals surface area (Å²) < 4.78 is 41.6. The monoisotopic (exact) mass is 372 g/mol. The Hall–Kier alpha value is -1.44. The molecular formula is C14H14BrFN2O2S. The fourth-order valence-electron chi connectivity index (χ4n) is 1.92. The third-order valence-electron chi connectivity index (χ3n) is 2.97. The SMILES string of the molecule is CC(NS(=O)(=O)c1c(N)cccc1F)c1ccc(Br)cc1. The Balaban J connectivity index is 2.31. The van der Waals surface area contributed by atoms with E-state index in [4.69, 9.17) is 5.73 Å². The van der Waals surface area contributed by atoms with Crippen LogP contribution in [0.2, 0.25) is 0 Å². The maximum Gasteiger partial charge on any atom is 0.246 e. The molecule has 0 aliphatic carbocycles. The average molecular weight is 373 g/mol. The van der Waals surface area contributed by atoms with E-state index in [0.717, 1.165) is 16.1 Å². The lowest BCUT2D eigenvalue weighted by Crippen LogP contribution is -2.28. The minimum Gasteiger partial charge on any atom is -0.398 e. The Morgan fingerprint density at radius 2 is 1.81 bits per heavy atom. The first kappa shape index (κ1) is 15.9. The lowest BCUT2D eigenvalue weighted by molar-refractivity contribution is 0.548. The number of hydrogen-bond acceptors (Lipinski definition) is 3. The lowest BCUT2D eigenvalue weighted by Gasteiger charge is -2.16. The molecule has 0 amide bonds. The Morgan fingerprint density at radius 1 is 1.19 bits per heavy atom. The van der Waals surface area contributed by atoms with Crippen molar-refractivity contribution in [2.75, 3.05) is 5.73 Å². The summed E-state index contributed by atoms with van der Waals surface area (Å²) in [4.78, 5) is -0.519. The number of nitrogens with two attached hydrogens (primary N) is 1. The highest BCUT2D eigenvalue weighted by atomic mass is 79.9. The van der Waals surface area contributed by atoms with Crippen LogP contribution in [0.5, 0.6) is 0 Å². The van der Waals surface area contributed by atoms with Crippen LogP contribution in [-0.4, -0.2) is 8.42 Å². The predicted octanol–water partition coefficient (Wildman–Crippen LogP) is 3.21. The van der Waals surface area contributed by atoms with Crippen molar-refractivity contribution < 1.29 is 12.8 Å². The molecule has 2 aromatic carbocycles. The highest BCUT2D eigenvalue weighted by molar-refractivity contribution is 9.10. The Morgan fingerprint density at radius 3 is 2.38 bits per heavy atom. The largest absolute Gasteiger partial charge is 0.398 e. The topological polar surface area (TPSA) is 72.2 Å². The van der Waals surface area contributed by atoms with Crippen LogP contribution in [0.15, 0.2) is 51.8 Å². The second-order valence-electron chi connectivity index (χ2n) is 4.55. The molecule has 0 aliphatic rings. The minimum atomic E-state index is -4.04. The number of hydrogen-bond donors (Lipinski definition) is 2. The summed E-state index contributed by atoms with van der Waals surface area (Å²) in [5.74, 6) is -0.870. The average Bonchev–Trinajstić information content (AvgIpc) is 2.38. The van der Waals surface area contributed by atoms with Gasteiger partial charge < -0.3 is 5.73 Å². The summed E-state index contributed by atoms with van der Waals surface area (Å²) in [7, 11) is -4.04. The molecule has 0 radical (unpaired) electrons. The van der Waals surface area contributed by atoms with Crippen molar-refractivity contribution in [1.29, 1.82) is 0 Å². The number of anilines is 1. The van der Waals surface area contributed by atoms with Gasteiger partial charge in [-0.15, -0.1) is 0 Å². The van der Waals surface area contributed by atoms with Gasteiger partial charge >= 0.3 is 0 Å². The molecule has 3 N–H and O–H groups in total. The normalized spacial score (nSPS) is 13.1. The first-order valence-electron chi connectivity index (χ1n) is 6.13. The standard InChI is InChI=1S/C14H14BrFN2O2S/c1-9(10-5-7-11(15)8-6-10)18-21(19,20)14-12(16)3-2-4-13(14)17/h2-9,18H,17H2,1H3. The molecule has 4 nitrogen and oxygen atoms in total. The van der Waals surface area contributed by atoms with Gasteiger partial charge in [-0.05, 0) is 36.8 Å². The summed E-state index contributed by atoms with van der Waals surface area (Å²) in [5.41, 5.74) is 6.22. The molecule has 21 heavy (non-hydrogen) atoms. The number of nitrogen functional groups attached to an aromatic ring is 1. The molecule has 7 heteroatoms. The summed E-state index contributed by atoms with van der Waals surface area (Å²) in [6.07, 6.45) is 0. The summed E-state index contributed by atoms with van der Waals surface area (Å²) in [6, 6.07) is 10.4. The number of benzene rings is 2. The highest BCUT2D eigenvalue weighted by Crippen LogP contribution is 2.24. The lowest BCUT2D eigenvalue weighted by atomic mass is 10.1. The number of nitrogens with one attached hydrogen (secondary N) is 1. The Bertz CT molecular complexity index is 728. The number of halogens is 2. The first-order chi connectivity index (χ1) is 9.81. The van der Waals surface area contributed by atoms with E-state index in [-0.39, 0.29) is 5.69 Å². The van der Waals surface area contributed by atoms with Gasteiger partial charge in [0.15, 0.2) is 0 Å². The molecule has 0 aromatic heterocycles. The van der Waals surface area contributed by atoms with Crippen LogP contribution < -0.4 is 10.5 Å². The van der Waals surface area contributed by atoms with Crippen LogP contribution in [0.1, 0.15) is 18.5 Å². The molecule has 112 valence electrons. The van der Waals surface area contributed by atoms with Crippen LogP contribution >= 0.6 is 15.9 Å². The summed E-state index contributed by atoms with van der Waals surface area (Å²) in [6.45, 7) is 1.68. The van der Waals surface area contributed by atoms with Crippen LogP contribution in [-0.2, 0) is 10.0 Å². The van der Waals surface area contributed by atoms with E-state index in [1.165, 1.54) is 12.1 Å². The molecular weight excluding hydrogens is 359 g/mol. The molecule has 0 heterocycles. The fraction of sp³-hybridized carbons (Fsp3) is 0.143. The van der Waals surface area contributed by atoms with E-state index >= 15 is 0 Å². The quantitative estimate of drug-likeness (QED) is 0.809. The van der Waals surface area contributed by atoms with Gasteiger partial charge in [0.2, 0.25) is 10.0 Å². The summed E-state index contributed by atoms with van der Waals surface area (Å²) in [5, 5.41) is 0. The summed E-state index contributed by atoms with van der Waals surface area (Å²) >= 11 is 3.31. The number of rotatable bonds is 4. The van der Waals surface area contributed by atoms with Crippen LogP contribution in [0, 0.1) is 5.82 Å². The van der Waals surface area contributed by atoms with Crippen molar-refractivity contribution in [3.8, 4) is 0 Å². The maximum atomic E-state index is 13.7. The van der Waals surface area contributed by atoms with Crippen molar-refractivity contribution in [3.05, 3.63) is 58.3 Å². The van der Waals surface area contributed by atoms with E-state index in [1.807, 2.05) is 0 Å². The fourth-order valence-corrected chi connectivity index (χ4v) is 3.61. The van der Waals surface area contributed by atoms with Crippen molar-refractivity contribution in [2.24, 2.45) is 0 Å². The van der Waals surface area contributed by atoms with E-state index in [9.17, 15) is 12.8 Å². The van der Waals surface area contributed by atoms with Crippen LogP contribution in [0.4, 0.5) is 10.1 Å². The zero-order chi connectivity index (χ0) is 15.6. The second-order valence-corrected chi connectivity index (χ2v) is 7.12. The van der Waals surface area contributed by atoms with E-state index < -0.39 is 26.8 Å². The van der Waals surface area contributed by atoms with Gasteiger partial charge in [0, 0.05) is 10.5 Å². The molecule has 0 spiro atoms. The van der Waals surface area contributed by atoms with Crippen molar-refractivity contribution >= 4 is 31.6 Å². The van der Waals surface area contributed by atoms with Crippen molar-refractivity contribution in [3.63, 3.8) is 0 Å². The smallest absolute Gasteiger partial charge is 0.246 e. The molecule has 1 atom stereocenters. The molecule has 2 aromatic rings. The second kappa shape index (κ2) is 6.13. The molecule has 0 saturated carbocycles. The third-order valence-corrected chi connectivity index (χ3v) is 5.13. The minimum absolute atomic E-state index is 0.120. The molecule has 1 unspecified atom stereocenters. The van der Waals surface area contributed by atoms with Gasteiger partial charge in [0.05, 0.1) is 5.69 Å². The highest BCUT2D eigenvalue weighted by Gasteiger charge is 2.24. The molecule has 0 aliphatic heterocycles. The van der Waals surface area contributed by atoms with Gasteiger partial charge in [-0.2, -0.15) is 0 Å². The third kappa shape index (κ3) is 3.61. The molecule has 2 rings (SSSR count). The van der Waals surface area contributed by atoms with Gasteiger partial charge in [-0.3, -0.25) is 0 Å². The first-order valence-corrected chi connectivity index (χ1v) is 8.40. The molecule has 0 saturated heterocycles. The zero-order valence-corrected chi connectivity index (χ0v) is 13.6. The van der Waals surface area contributed by atoms with Gasteiger partial charge in [-0.25, -0.2) is 17.5 Å². The Labute approximate surface area is 131 Å². The van der Waals surface area contributed by atoms with E-state index in [0.29, 0.717) is 0 Å². The van der Waals surface area contributed by atoms with Crippen LogP contribution in [0.25, 0.3) is 0 Å². The zero-order valence-electron chi connectivity index (χ0n) is 11.2. The molecule has 0 bridgehead atoms. The van der Waals surface area contributed by atoms with Gasteiger partial charge in [0.25, 0.3) is 0 Å². The van der Waals surface area contributed by atoms with Gasteiger partial charge in [0.1, 0.15) is 10.7 Å². The maximum absolute atomic E-state index is 13.7. The number of sulfonamides is 1. The van der Waals surface area contributed by atoms with E-state index in [1.54, 1.807) is 31.2 Å². The Kier molecular flexibility index (Phi) is 4.65. The van der Waals surface area contributed by atoms with Crippen molar-refractivity contribution in [1.82, 2.24) is 4.72 Å². The van der Waals surface area contributed by atoms with Gasteiger partial charge in [-0.1, -0.05) is 34.1 Å². The van der Waals surface area contributed by atoms with Crippen molar-refractivity contribution in [2.45, 2.75) is 17.9 Å². The predicted molar refractivity (Wildman–Crippen MR) is 83.7 cm³/mol. The molecule has 0 fully saturated rings. The van der Waals surface area contributed by atoms with Crippen LogP contribution in [0.3, 0.4) is 0 Å².